The molecule has 6 heteroatoms. The smallest absolute Gasteiger partial charge is 0.314 e. The highest BCUT2D eigenvalue weighted by Gasteiger charge is 2.27. The highest BCUT2D eigenvalue weighted by molar-refractivity contribution is 5.80. The van der Waals surface area contributed by atoms with E-state index in [0.717, 1.165) is 30.6 Å². The third-order valence-electron chi connectivity index (χ3n) is 4.32. The van der Waals surface area contributed by atoms with E-state index in [2.05, 4.69) is 19.2 Å². The monoisotopic (exact) mass is 347 g/mol. The van der Waals surface area contributed by atoms with Crippen LogP contribution in [0.5, 0.6) is 5.75 Å². The lowest BCUT2D eigenvalue weighted by Crippen LogP contribution is -2.47. The number of hydrogen-bond acceptors (Lipinski definition) is 3. The van der Waals surface area contributed by atoms with Crippen LogP contribution >= 0.6 is 0 Å². The van der Waals surface area contributed by atoms with Crippen molar-refractivity contribution in [2.24, 2.45) is 17.6 Å². The highest BCUT2D eigenvalue weighted by Crippen LogP contribution is 2.17. The minimum Gasteiger partial charge on any atom is -0.493 e. The Hall–Kier alpha value is -2.24. The molecule has 1 saturated heterocycles. The summed E-state index contributed by atoms with van der Waals surface area (Å²) in [7, 11) is 0. The zero-order valence-electron chi connectivity index (χ0n) is 15.2. The zero-order chi connectivity index (χ0) is 18.2. The molecule has 1 aliphatic heterocycles. The molecule has 1 aromatic carbocycles. The molecule has 138 valence electrons. The third kappa shape index (κ3) is 6.29. The van der Waals surface area contributed by atoms with Crippen LogP contribution in [-0.4, -0.2) is 43.1 Å². The number of likely N-dealkylation sites (tertiary alicyclic amines) is 1. The van der Waals surface area contributed by atoms with Gasteiger partial charge >= 0.3 is 6.03 Å². The molecular formula is C19H29N3O3. The fraction of sp³-hybridized carbons (Fsp3) is 0.579. The second-order valence-electron chi connectivity index (χ2n) is 7.01. The number of ether oxygens (including phenoxy) is 1. The lowest BCUT2D eigenvalue weighted by Gasteiger charge is -2.30. The molecule has 0 radical (unpaired) electrons. The normalized spacial score (nSPS) is 17.4. The Bertz CT molecular complexity index is 572. The maximum atomic E-state index is 12.2. The van der Waals surface area contributed by atoms with E-state index in [9.17, 15) is 9.59 Å². The van der Waals surface area contributed by atoms with E-state index in [1.165, 1.54) is 0 Å². The Balaban J connectivity index is 1.72. The van der Waals surface area contributed by atoms with Gasteiger partial charge < -0.3 is 20.7 Å². The van der Waals surface area contributed by atoms with Gasteiger partial charge in [-0.3, -0.25) is 4.79 Å². The summed E-state index contributed by atoms with van der Waals surface area (Å²) in [6.45, 7) is 6.59. The summed E-state index contributed by atoms with van der Waals surface area (Å²) >= 11 is 0. The Morgan fingerprint density at radius 3 is 2.68 bits per heavy atom. The van der Waals surface area contributed by atoms with E-state index in [1.807, 2.05) is 24.3 Å². The van der Waals surface area contributed by atoms with E-state index in [-0.39, 0.29) is 11.8 Å². The summed E-state index contributed by atoms with van der Waals surface area (Å²) in [4.78, 5) is 25.0. The van der Waals surface area contributed by atoms with Crippen LogP contribution in [0.25, 0.3) is 0 Å². The predicted molar refractivity (Wildman–Crippen MR) is 97.4 cm³/mol. The van der Waals surface area contributed by atoms with E-state index in [1.54, 1.807) is 4.90 Å². The van der Waals surface area contributed by atoms with Crippen molar-refractivity contribution >= 4 is 11.9 Å². The summed E-state index contributed by atoms with van der Waals surface area (Å²) in [6.07, 6.45) is 2.39. The van der Waals surface area contributed by atoms with Crippen LogP contribution in [0.2, 0.25) is 0 Å². The lowest BCUT2D eigenvalue weighted by atomic mass is 9.97. The van der Waals surface area contributed by atoms with Crippen molar-refractivity contribution in [2.45, 2.75) is 33.1 Å². The maximum Gasteiger partial charge on any atom is 0.314 e. The fourth-order valence-corrected chi connectivity index (χ4v) is 2.88. The van der Waals surface area contributed by atoms with Gasteiger partial charge in [0.05, 0.1) is 12.5 Å². The average Bonchev–Trinajstić information content (AvgIpc) is 2.61. The molecule has 0 saturated carbocycles. The van der Waals surface area contributed by atoms with Gasteiger partial charge in [-0.05, 0) is 42.9 Å². The number of benzene rings is 1. The Kier molecular flexibility index (Phi) is 7.10. The van der Waals surface area contributed by atoms with Crippen LogP contribution in [0.1, 0.15) is 32.3 Å². The maximum absolute atomic E-state index is 12.2. The summed E-state index contributed by atoms with van der Waals surface area (Å²) in [5, 5.41) is 2.97. The molecular weight excluding hydrogens is 318 g/mol. The second-order valence-corrected chi connectivity index (χ2v) is 7.01. The molecule has 0 spiro atoms. The van der Waals surface area contributed by atoms with Crippen LogP contribution < -0.4 is 15.8 Å². The molecule has 0 bridgehead atoms. The average molecular weight is 347 g/mol. The van der Waals surface area contributed by atoms with E-state index >= 15 is 0 Å². The zero-order valence-corrected chi connectivity index (χ0v) is 15.2. The molecule has 6 nitrogen and oxygen atoms in total. The van der Waals surface area contributed by atoms with Gasteiger partial charge in [-0.1, -0.05) is 26.0 Å². The number of rotatable bonds is 7. The molecule has 3 amide bonds. The van der Waals surface area contributed by atoms with Crippen molar-refractivity contribution in [3.63, 3.8) is 0 Å². The first-order chi connectivity index (χ1) is 12.0. The van der Waals surface area contributed by atoms with Crippen molar-refractivity contribution in [2.75, 3.05) is 26.2 Å². The van der Waals surface area contributed by atoms with Crippen molar-refractivity contribution in [1.82, 2.24) is 10.2 Å². The van der Waals surface area contributed by atoms with Gasteiger partial charge in [-0.15, -0.1) is 0 Å². The lowest BCUT2D eigenvalue weighted by molar-refractivity contribution is -0.126. The Labute approximate surface area is 149 Å². The van der Waals surface area contributed by atoms with Crippen molar-refractivity contribution < 1.29 is 14.3 Å². The third-order valence-corrected chi connectivity index (χ3v) is 4.32. The topological polar surface area (TPSA) is 84.7 Å². The minimum absolute atomic E-state index is 0.00263. The van der Waals surface area contributed by atoms with E-state index < -0.39 is 6.03 Å². The first kappa shape index (κ1) is 19.1. The van der Waals surface area contributed by atoms with Crippen molar-refractivity contribution in [3.8, 4) is 5.75 Å². The standard InChI is InChI=1S/C19H29N3O3/c1-14(2)13-25-17-7-5-15(6-8-17)9-10-21-18(23)16-4-3-11-22(12-16)19(20)24/h5-8,14,16H,3-4,9-13H2,1-2H3,(H2,20,24)(H,21,23)/t16-/m1/s1. The molecule has 25 heavy (non-hydrogen) atoms. The molecule has 1 fully saturated rings. The molecule has 1 aromatic rings. The predicted octanol–water partition coefficient (Wildman–Crippen LogP) is 2.17. The van der Waals surface area contributed by atoms with Crippen LogP contribution in [0.3, 0.4) is 0 Å². The van der Waals surface area contributed by atoms with Gasteiger partial charge in [-0.2, -0.15) is 0 Å². The number of nitrogens with zero attached hydrogens (tertiary/aromatic N) is 1. The molecule has 1 aliphatic rings. The molecule has 2 rings (SSSR count). The Morgan fingerprint density at radius 2 is 2.04 bits per heavy atom. The molecule has 1 heterocycles. The molecule has 3 N–H and O–H groups in total. The fourth-order valence-electron chi connectivity index (χ4n) is 2.88. The van der Waals surface area contributed by atoms with Gasteiger partial charge in [0.25, 0.3) is 0 Å². The molecule has 0 aromatic heterocycles. The molecule has 1 atom stereocenters. The highest BCUT2D eigenvalue weighted by atomic mass is 16.5. The number of piperidine rings is 1. The number of carbonyl (C=O) groups excluding carboxylic acids is 2. The van der Waals surface area contributed by atoms with Crippen LogP contribution in [0.15, 0.2) is 24.3 Å². The van der Waals surface area contributed by atoms with Gasteiger partial charge in [0.15, 0.2) is 0 Å². The SMILES string of the molecule is CC(C)COc1ccc(CCNC(=O)[C@@H]2CCCN(C(N)=O)C2)cc1. The quantitative estimate of drug-likeness (QED) is 0.793. The van der Waals surface area contributed by atoms with E-state index in [4.69, 9.17) is 10.5 Å². The number of amides is 3. The Morgan fingerprint density at radius 1 is 1.32 bits per heavy atom. The molecule has 0 unspecified atom stereocenters. The molecule has 0 aliphatic carbocycles. The summed E-state index contributed by atoms with van der Waals surface area (Å²) in [6, 6.07) is 7.53. The van der Waals surface area contributed by atoms with Gasteiger partial charge in [0.2, 0.25) is 5.91 Å². The number of hydrogen-bond donors (Lipinski definition) is 2. The number of urea groups is 1. The summed E-state index contributed by atoms with van der Waals surface area (Å²) < 4.78 is 5.66. The van der Waals surface area contributed by atoms with Crippen LogP contribution in [0.4, 0.5) is 4.79 Å². The van der Waals surface area contributed by atoms with Crippen molar-refractivity contribution in [1.29, 1.82) is 0 Å². The number of nitrogens with one attached hydrogen (secondary N) is 1. The van der Waals surface area contributed by atoms with Gasteiger partial charge in [0, 0.05) is 19.6 Å². The van der Waals surface area contributed by atoms with Crippen LogP contribution in [-0.2, 0) is 11.2 Å². The minimum atomic E-state index is -0.447. The first-order valence-corrected chi connectivity index (χ1v) is 8.99. The van der Waals surface area contributed by atoms with Gasteiger partial charge in [-0.25, -0.2) is 4.79 Å². The number of nitrogens with two attached hydrogens (primary N) is 1. The van der Waals surface area contributed by atoms with Crippen molar-refractivity contribution in [3.05, 3.63) is 29.8 Å². The van der Waals surface area contributed by atoms with Crippen LogP contribution in [0, 0.1) is 11.8 Å². The largest absolute Gasteiger partial charge is 0.493 e. The number of primary amides is 1. The summed E-state index contributed by atoms with van der Waals surface area (Å²) in [5.74, 6) is 1.21. The second kappa shape index (κ2) is 9.30. The van der Waals surface area contributed by atoms with Gasteiger partial charge in [0.1, 0.15) is 5.75 Å². The number of carbonyl (C=O) groups is 2. The first-order valence-electron chi connectivity index (χ1n) is 8.99. The van der Waals surface area contributed by atoms with E-state index in [0.29, 0.717) is 32.2 Å². The summed E-state index contributed by atoms with van der Waals surface area (Å²) in [5.41, 5.74) is 6.45.